The summed E-state index contributed by atoms with van der Waals surface area (Å²) < 4.78 is 27.5. The van der Waals surface area contributed by atoms with Crippen LogP contribution in [0.25, 0.3) is 0 Å². The van der Waals surface area contributed by atoms with Crippen molar-refractivity contribution in [2.75, 3.05) is 26.2 Å². The third kappa shape index (κ3) is 4.84. The van der Waals surface area contributed by atoms with Crippen molar-refractivity contribution in [2.45, 2.75) is 26.4 Å². The van der Waals surface area contributed by atoms with E-state index in [0.717, 1.165) is 25.2 Å². The molecule has 1 amide bonds. The van der Waals surface area contributed by atoms with Crippen LogP contribution in [-0.2, 0) is 17.9 Å². The lowest BCUT2D eigenvalue weighted by atomic mass is 10.2. The van der Waals surface area contributed by atoms with E-state index in [1.165, 1.54) is 4.68 Å². The third-order valence-corrected chi connectivity index (χ3v) is 6.48. The van der Waals surface area contributed by atoms with Crippen LogP contribution in [0.15, 0.2) is 22.7 Å². The summed E-state index contributed by atoms with van der Waals surface area (Å²) in [7, 11) is 0. The molecule has 3 rings (SSSR count). The van der Waals surface area contributed by atoms with Crippen LogP contribution in [0.1, 0.15) is 23.4 Å². The zero-order valence-corrected chi connectivity index (χ0v) is 18.2. The minimum absolute atomic E-state index is 0.0516. The lowest BCUT2D eigenvalue weighted by Crippen LogP contribution is -2.49. The maximum absolute atomic E-state index is 13.0. The fraction of sp³-hybridized carbons (Fsp3) is 0.444. The van der Waals surface area contributed by atoms with Gasteiger partial charge in [0.25, 0.3) is 6.43 Å². The minimum Gasteiger partial charge on any atom is -0.339 e. The van der Waals surface area contributed by atoms with Gasteiger partial charge < -0.3 is 4.90 Å². The molecule has 0 spiro atoms. The van der Waals surface area contributed by atoms with Crippen molar-refractivity contribution in [3.8, 4) is 0 Å². The van der Waals surface area contributed by atoms with Crippen LogP contribution in [0.3, 0.4) is 0 Å². The molecule has 10 heteroatoms. The summed E-state index contributed by atoms with van der Waals surface area (Å²) >= 11 is 15.1. The first-order valence-electron chi connectivity index (χ1n) is 8.71. The van der Waals surface area contributed by atoms with E-state index < -0.39 is 6.43 Å². The van der Waals surface area contributed by atoms with Crippen molar-refractivity contribution < 1.29 is 13.6 Å². The summed E-state index contributed by atoms with van der Waals surface area (Å²) in [6.45, 7) is 4.91. The number of rotatable bonds is 5. The van der Waals surface area contributed by atoms with Crippen LogP contribution < -0.4 is 0 Å². The summed E-state index contributed by atoms with van der Waals surface area (Å²) in [5, 5.41) is 4.92. The molecule has 1 aliphatic rings. The molecule has 28 heavy (non-hydrogen) atoms. The number of aromatic nitrogens is 2. The number of piperazine rings is 1. The summed E-state index contributed by atoms with van der Waals surface area (Å²) in [5.41, 5.74) is 1.24. The van der Waals surface area contributed by atoms with Crippen molar-refractivity contribution in [1.29, 1.82) is 0 Å². The van der Waals surface area contributed by atoms with Crippen LogP contribution in [0.5, 0.6) is 0 Å². The SMILES string of the molecule is Cc1c(Br)c(C(F)F)nn1CC(=O)N1CCN(Cc2ccc(Cl)c(Cl)c2)CC1. The molecule has 0 radical (unpaired) electrons. The van der Waals surface area contributed by atoms with Gasteiger partial charge in [-0.25, -0.2) is 8.78 Å². The molecule has 0 atom stereocenters. The van der Waals surface area contributed by atoms with Crippen molar-refractivity contribution in [3.63, 3.8) is 0 Å². The van der Waals surface area contributed by atoms with Gasteiger partial charge in [-0.2, -0.15) is 5.10 Å². The molecule has 1 saturated heterocycles. The molecule has 0 unspecified atom stereocenters. The highest BCUT2D eigenvalue weighted by Gasteiger charge is 2.25. The van der Waals surface area contributed by atoms with Gasteiger partial charge in [-0.05, 0) is 40.5 Å². The lowest BCUT2D eigenvalue weighted by Gasteiger charge is -2.34. The Morgan fingerprint density at radius 1 is 1.21 bits per heavy atom. The second-order valence-corrected chi connectivity index (χ2v) is 8.26. The van der Waals surface area contributed by atoms with Gasteiger partial charge >= 0.3 is 0 Å². The molecular formula is C18H19BrCl2F2N4O. The third-order valence-electron chi connectivity index (χ3n) is 4.77. The number of benzene rings is 1. The zero-order chi connectivity index (χ0) is 20.4. The van der Waals surface area contributed by atoms with Gasteiger partial charge in [0, 0.05) is 32.7 Å². The molecule has 0 bridgehead atoms. The molecule has 5 nitrogen and oxygen atoms in total. The summed E-state index contributed by atoms with van der Waals surface area (Å²) in [5.74, 6) is -0.131. The first kappa shape index (κ1) is 21.5. The largest absolute Gasteiger partial charge is 0.339 e. The fourth-order valence-electron chi connectivity index (χ4n) is 3.12. The average Bonchev–Trinajstić information content (AvgIpc) is 2.94. The van der Waals surface area contributed by atoms with Gasteiger partial charge in [-0.1, -0.05) is 29.3 Å². The molecule has 2 aromatic rings. The van der Waals surface area contributed by atoms with Crippen LogP contribution in [-0.4, -0.2) is 51.7 Å². The maximum atomic E-state index is 13.0. The quantitative estimate of drug-likeness (QED) is 0.611. The lowest BCUT2D eigenvalue weighted by molar-refractivity contribution is -0.133. The molecule has 2 heterocycles. The van der Waals surface area contributed by atoms with E-state index in [1.54, 1.807) is 17.9 Å². The normalized spacial score (nSPS) is 15.5. The van der Waals surface area contributed by atoms with E-state index in [1.807, 2.05) is 12.1 Å². The molecule has 152 valence electrons. The highest BCUT2D eigenvalue weighted by molar-refractivity contribution is 9.10. The molecule has 1 aliphatic heterocycles. The molecule has 0 aliphatic carbocycles. The Morgan fingerprint density at radius 3 is 2.46 bits per heavy atom. The molecule has 0 N–H and O–H groups in total. The number of hydrogen-bond donors (Lipinski definition) is 0. The Bertz CT molecular complexity index is 870. The van der Waals surface area contributed by atoms with Gasteiger partial charge in [0.15, 0.2) is 0 Å². The molecule has 1 fully saturated rings. The second kappa shape index (κ2) is 9.07. The van der Waals surface area contributed by atoms with Crippen LogP contribution in [0.4, 0.5) is 8.78 Å². The Morgan fingerprint density at radius 2 is 1.89 bits per heavy atom. The van der Waals surface area contributed by atoms with E-state index in [2.05, 4.69) is 25.9 Å². The summed E-state index contributed by atoms with van der Waals surface area (Å²) in [6, 6.07) is 5.56. The minimum atomic E-state index is -2.69. The predicted molar refractivity (Wildman–Crippen MR) is 108 cm³/mol. The highest BCUT2D eigenvalue weighted by atomic mass is 79.9. The average molecular weight is 496 g/mol. The first-order valence-corrected chi connectivity index (χ1v) is 10.3. The Balaban J connectivity index is 1.55. The van der Waals surface area contributed by atoms with E-state index in [9.17, 15) is 13.6 Å². The van der Waals surface area contributed by atoms with Crippen molar-refractivity contribution in [2.24, 2.45) is 0 Å². The molecule has 1 aromatic carbocycles. The highest BCUT2D eigenvalue weighted by Crippen LogP contribution is 2.29. The number of carbonyl (C=O) groups is 1. The Labute approximate surface area is 180 Å². The van der Waals surface area contributed by atoms with E-state index in [0.29, 0.717) is 28.8 Å². The second-order valence-electron chi connectivity index (χ2n) is 6.65. The number of amides is 1. The monoisotopic (exact) mass is 494 g/mol. The first-order chi connectivity index (χ1) is 13.3. The van der Waals surface area contributed by atoms with Gasteiger partial charge in [0.1, 0.15) is 12.2 Å². The van der Waals surface area contributed by atoms with Crippen molar-refractivity contribution >= 4 is 45.0 Å². The van der Waals surface area contributed by atoms with Crippen molar-refractivity contribution in [1.82, 2.24) is 19.6 Å². The Hall–Kier alpha value is -1.22. The number of alkyl halides is 2. The number of nitrogens with zero attached hydrogens (tertiary/aromatic N) is 4. The van der Waals surface area contributed by atoms with Crippen LogP contribution >= 0.6 is 39.1 Å². The number of carbonyl (C=O) groups excluding carboxylic acids is 1. The number of halogens is 5. The van der Waals surface area contributed by atoms with Crippen molar-refractivity contribution in [3.05, 3.63) is 49.7 Å². The van der Waals surface area contributed by atoms with Gasteiger partial charge in [-0.3, -0.25) is 14.4 Å². The fourth-order valence-corrected chi connectivity index (χ4v) is 3.90. The molecule has 0 saturated carbocycles. The van der Waals surface area contributed by atoms with E-state index in [4.69, 9.17) is 23.2 Å². The van der Waals surface area contributed by atoms with E-state index >= 15 is 0 Å². The maximum Gasteiger partial charge on any atom is 0.283 e. The topological polar surface area (TPSA) is 41.4 Å². The smallest absolute Gasteiger partial charge is 0.283 e. The Kier molecular flexibility index (Phi) is 6.96. The van der Waals surface area contributed by atoms with Crippen LogP contribution in [0.2, 0.25) is 10.0 Å². The van der Waals surface area contributed by atoms with Gasteiger partial charge in [0.05, 0.1) is 20.2 Å². The van der Waals surface area contributed by atoms with Crippen LogP contribution in [0, 0.1) is 6.92 Å². The number of hydrogen-bond acceptors (Lipinski definition) is 3. The predicted octanol–water partition coefficient (Wildman–Crippen LogP) is 4.54. The van der Waals surface area contributed by atoms with Gasteiger partial charge in [-0.15, -0.1) is 0 Å². The molecular weight excluding hydrogens is 477 g/mol. The molecule has 1 aromatic heterocycles. The summed E-state index contributed by atoms with van der Waals surface area (Å²) in [4.78, 5) is 16.5. The van der Waals surface area contributed by atoms with E-state index in [-0.39, 0.29) is 22.6 Å². The van der Waals surface area contributed by atoms with Gasteiger partial charge in [0.2, 0.25) is 5.91 Å². The zero-order valence-electron chi connectivity index (χ0n) is 15.1. The summed E-state index contributed by atoms with van der Waals surface area (Å²) in [6.07, 6.45) is -2.69. The standard InChI is InChI=1S/C18H19BrCl2F2N4O/c1-11-16(19)17(18(22)23)24-27(11)10-15(28)26-6-4-25(5-7-26)9-12-2-3-13(20)14(21)8-12/h2-3,8,18H,4-7,9-10H2,1H3.